The highest BCUT2D eigenvalue weighted by Crippen LogP contribution is 2.38. The summed E-state index contributed by atoms with van der Waals surface area (Å²) in [6, 6.07) is 9.82. The van der Waals surface area contributed by atoms with Crippen molar-refractivity contribution in [3.05, 3.63) is 42.7 Å². The summed E-state index contributed by atoms with van der Waals surface area (Å²) in [7, 11) is 1.51. The monoisotopic (exact) mass is 490 g/mol. The topological polar surface area (TPSA) is 147 Å². The molecule has 11 nitrogen and oxygen atoms in total. The number of hydrogen-bond acceptors (Lipinski definition) is 9. The quantitative estimate of drug-likeness (QED) is 0.306. The first kappa shape index (κ1) is 22.5. The standard InChI is InChI=1S/C25H26N6O5/c1-25(13-34-2,23(32)33)31-12-16(11-27-31)15-9-18-21-20(10-15)35-7-3-6-30(21)22(28-18)14-4-5-19-17(8-14)29-24(26)36-19/h4-5,8-12,23,32-33H,3,6-7,13H2,1-2H3,(H2,26,29). The first-order valence-corrected chi connectivity index (χ1v) is 11.6. The van der Waals surface area contributed by atoms with Crippen LogP contribution >= 0.6 is 0 Å². The lowest BCUT2D eigenvalue weighted by Crippen LogP contribution is -2.46. The fraction of sp³-hybridized carbons (Fsp3) is 0.320. The zero-order valence-electron chi connectivity index (χ0n) is 19.9. The summed E-state index contributed by atoms with van der Waals surface area (Å²) in [4.78, 5) is 9.23. The number of methoxy groups -OCH3 is 1. The number of nitrogens with two attached hydrogens (primary N) is 1. The van der Waals surface area contributed by atoms with Gasteiger partial charge in [-0.05, 0) is 49.2 Å². The van der Waals surface area contributed by atoms with Crippen LogP contribution < -0.4 is 10.5 Å². The molecule has 1 unspecified atom stereocenters. The second-order valence-electron chi connectivity index (χ2n) is 9.20. The van der Waals surface area contributed by atoms with Gasteiger partial charge in [0.05, 0.1) is 24.9 Å². The minimum atomic E-state index is -1.66. The van der Waals surface area contributed by atoms with Crippen LogP contribution in [0, 0.1) is 0 Å². The molecule has 4 N–H and O–H groups in total. The number of aryl methyl sites for hydroxylation is 1. The minimum Gasteiger partial charge on any atom is -0.491 e. The highest BCUT2D eigenvalue weighted by Gasteiger charge is 2.35. The van der Waals surface area contributed by atoms with Crippen LogP contribution in [0.15, 0.2) is 47.1 Å². The van der Waals surface area contributed by atoms with Crippen molar-refractivity contribution in [2.45, 2.75) is 31.7 Å². The lowest BCUT2D eigenvalue weighted by molar-refractivity contribution is -0.143. The Morgan fingerprint density at radius 3 is 2.78 bits per heavy atom. The molecule has 0 bridgehead atoms. The maximum atomic E-state index is 9.97. The minimum absolute atomic E-state index is 0.0778. The lowest BCUT2D eigenvalue weighted by atomic mass is 10.0. The van der Waals surface area contributed by atoms with E-state index in [1.54, 1.807) is 19.3 Å². The van der Waals surface area contributed by atoms with E-state index in [2.05, 4.69) is 14.6 Å². The van der Waals surface area contributed by atoms with Crippen molar-refractivity contribution in [1.29, 1.82) is 0 Å². The predicted octanol–water partition coefficient (Wildman–Crippen LogP) is 2.75. The maximum absolute atomic E-state index is 9.97. The van der Waals surface area contributed by atoms with Crippen molar-refractivity contribution in [1.82, 2.24) is 24.3 Å². The Labute approximate surface area is 205 Å². The molecule has 11 heteroatoms. The van der Waals surface area contributed by atoms with E-state index in [0.717, 1.165) is 52.3 Å². The Hall–Kier alpha value is -3.93. The number of rotatable bonds is 6. The third kappa shape index (κ3) is 3.51. The maximum Gasteiger partial charge on any atom is 0.292 e. The van der Waals surface area contributed by atoms with Gasteiger partial charge in [-0.25, -0.2) is 4.98 Å². The van der Waals surface area contributed by atoms with E-state index >= 15 is 0 Å². The van der Waals surface area contributed by atoms with Gasteiger partial charge in [-0.2, -0.15) is 10.1 Å². The first-order valence-electron chi connectivity index (χ1n) is 11.6. The number of hydrogen-bond donors (Lipinski definition) is 3. The van der Waals surface area contributed by atoms with Gasteiger partial charge in [-0.3, -0.25) is 4.68 Å². The molecule has 0 amide bonds. The van der Waals surface area contributed by atoms with Gasteiger partial charge in [0.15, 0.2) is 11.9 Å². The Morgan fingerprint density at radius 1 is 1.14 bits per heavy atom. The van der Waals surface area contributed by atoms with Crippen LogP contribution in [-0.2, 0) is 16.8 Å². The Kier molecular flexibility index (Phi) is 5.21. The summed E-state index contributed by atoms with van der Waals surface area (Å²) < 4.78 is 20.4. The van der Waals surface area contributed by atoms with Crippen molar-refractivity contribution in [2.75, 3.05) is 26.1 Å². The molecule has 3 aromatic heterocycles. The van der Waals surface area contributed by atoms with Crippen LogP contribution in [0.1, 0.15) is 13.3 Å². The fourth-order valence-corrected chi connectivity index (χ4v) is 4.74. The molecule has 0 aliphatic carbocycles. The van der Waals surface area contributed by atoms with Crippen molar-refractivity contribution in [3.8, 4) is 28.3 Å². The van der Waals surface area contributed by atoms with Gasteiger partial charge in [-0.1, -0.05) is 0 Å². The fourth-order valence-electron chi connectivity index (χ4n) is 4.74. The molecule has 36 heavy (non-hydrogen) atoms. The molecule has 0 saturated heterocycles. The molecule has 0 saturated carbocycles. The summed E-state index contributed by atoms with van der Waals surface area (Å²) in [6.45, 7) is 3.10. The lowest BCUT2D eigenvalue weighted by Gasteiger charge is -2.30. The summed E-state index contributed by atoms with van der Waals surface area (Å²) in [5.41, 5.74) is 10.1. The summed E-state index contributed by atoms with van der Waals surface area (Å²) in [6.07, 6.45) is 2.63. The van der Waals surface area contributed by atoms with E-state index in [-0.39, 0.29) is 12.6 Å². The molecule has 0 fully saturated rings. The Bertz CT molecular complexity index is 1580. The number of aliphatic hydroxyl groups excluding tert-OH is 1. The summed E-state index contributed by atoms with van der Waals surface area (Å²) in [5, 5.41) is 24.3. The molecule has 1 aliphatic rings. The van der Waals surface area contributed by atoms with Crippen molar-refractivity contribution in [3.63, 3.8) is 0 Å². The van der Waals surface area contributed by atoms with Crippen LogP contribution in [0.5, 0.6) is 5.75 Å². The molecule has 4 heterocycles. The third-order valence-electron chi connectivity index (χ3n) is 6.68. The SMILES string of the molecule is COCC(C)(C(O)O)n1cc(-c2cc3c4c(c2)nc(-c2ccc5oc(N)nc5c2)n4CCCO3)cn1. The predicted molar refractivity (Wildman–Crippen MR) is 132 cm³/mol. The second-order valence-corrected chi connectivity index (χ2v) is 9.20. The number of fused-ring (bicyclic) bond motifs is 1. The molecule has 1 aliphatic heterocycles. The average molecular weight is 491 g/mol. The molecular weight excluding hydrogens is 464 g/mol. The molecule has 1 atom stereocenters. The molecule has 2 aromatic carbocycles. The van der Waals surface area contributed by atoms with Crippen LogP contribution in [0.25, 0.3) is 44.6 Å². The zero-order chi connectivity index (χ0) is 25.0. The molecule has 186 valence electrons. The van der Waals surface area contributed by atoms with Gasteiger partial charge in [-0.15, -0.1) is 0 Å². The Balaban J connectivity index is 1.47. The van der Waals surface area contributed by atoms with Crippen LogP contribution in [0.2, 0.25) is 0 Å². The summed E-state index contributed by atoms with van der Waals surface area (Å²) in [5.74, 6) is 1.55. The largest absolute Gasteiger partial charge is 0.491 e. The van der Waals surface area contributed by atoms with Gasteiger partial charge < -0.3 is 34.4 Å². The number of ether oxygens (including phenoxy) is 2. The number of nitrogen functional groups attached to an aromatic ring is 1. The number of benzene rings is 2. The normalized spacial score (nSPS) is 15.4. The van der Waals surface area contributed by atoms with E-state index in [9.17, 15) is 10.2 Å². The molecular formula is C25H26N6O5. The number of nitrogens with zero attached hydrogens (tertiary/aromatic N) is 5. The molecule has 5 aromatic rings. The van der Waals surface area contributed by atoms with Crippen molar-refractivity contribution < 1.29 is 24.1 Å². The third-order valence-corrected chi connectivity index (χ3v) is 6.68. The molecule has 0 radical (unpaired) electrons. The van der Waals surface area contributed by atoms with Gasteiger partial charge in [0, 0.05) is 31.0 Å². The zero-order valence-corrected chi connectivity index (χ0v) is 19.9. The average Bonchev–Trinajstić information content (AvgIpc) is 3.53. The smallest absolute Gasteiger partial charge is 0.292 e. The van der Waals surface area contributed by atoms with E-state index in [1.807, 2.05) is 30.3 Å². The first-order chi connectivity index (χ1) is 17.4. The van der Waals surface area contributed by atoms with Crippen LogP contribution in [-0.4, -0.2) is 61.1 Å². The second kappa shape index (κ2) is 8.33. The van der Waals surface area contributed by atoms with Crippen LogP contribution in [0.3, 0.4) is 0 Å². The molecule has 0 spiro atoms. The van der Waals surface area contributed by atoms with Crippen LogP contribution in [0.4, 0.5) is 6.01 Å². The van der Waals surface area contributed by atoms with Gasteiger partial charge >= 0.3 is 0 Å². The number of aromatic nitrogens is 5. The number of oxazole rings is 1. The van der Waals surface area contributed by atoms with Gasteiger partial charge in [0.25, 0.3) is 6.01 Å². The van der Waals surface area contributed by atoms with E-state index < -0.39 is 11.8 Å². The summed E-state index contributed by atoms with van der Waals surface area (Å²) >= 11 is 0. The number of imidazole rings is 1. The van der Waals surface area contributed by atoms with E-state index in [1.165, 1.54) is 11.8 Å². The Morgan fingerprint density at radius 2 is 1.97 bits per heavy atom. The van der Waals surface area contributed by atoms with Crippen molar-refractivity contribution in [2.24, 2.45) is 0 Å². The van der Waals surface area contributed by atoms with Crippen molar-refractivity contribution >= 4 is 28.1 Å². The highest BCUT2D eigenvalue weighted by atomic mass is 16.5. The van der Waals surface area contributed by atoms with Gasteiger partial charge in [0.1, 0.15) is 28.1 Å². The highest BCUT2D eigenvalue weighted by molar-refractivity contribution is 5.91. The molecule has 6 rings (SSSR count). The van der Waals surface area contributed by atoms with E-state index in [4.69, 9.17) is 24.6 Å². The van der Waals surface area contributed by atoms with E-state index in [0.29, 0.717) is 17.7 Å². The van der Waals surface area contributed by atoms with Gasteiger partial charge in [0.2, 0.25) is 0 Å². The number of anilines is 1. The number of aliphatic hydroxyl groups is 2.